The zero-order valence-corrected chi connectivity index (χ0v) is 21.4. The van der Waals surface area contributed by atoms with Crippen LogP contribution in [0.5, 0.6) is 0 Å². The van der Waals surface area contributed by atoms with Gasteiger partial charge in [0.25, 0.3) is 5.91 Å². The molecule has 186 valence electrons. The minimum Gasteiger partial charge on any atom is -0.466 e. The number of nitrogens with zero attached hydrogens (tertiary/aromatic N) is 4. The molecule has 2 aromatic heterocycles. The Morgan fingerprint density at radius 1 is 1.17 bits per heavy atom. The second-order valence-corrected chi connectivity index (χ2v) is 9.79. The summed E-state index contributed by atoms with van der Waals surface area (Å²) < 4.78 is 7.11. The predicted molar refractivity (Wildman–Crippen MR) is 139 cm³/mol. The van der Waals surface area contributed by atoms with Crippen LogP contribution in [0.1, 0.15) is 49.2 Å². The van der Waals surface area contributed by atoms with Gasteiger partial charge in [-0.3, -0.25) is 14.5 Å². The van der Waals surface area contributed by atoms with Crippen molar-refractivity contribution in [2.75, 3.05) is 32.8 Å². The van der Waals surface area contributed by atoms with Crippen LogP contribution in [0.15, 0.2) is 59.8 Å². The van der Waals surface area contributed by atoms with Crippen LogP contribution in [0.4, 0.5) is 0 Å². The molecule has 1 atom stereocenters. The van der Waals surface area contributed by atoms with E-state index in [9.17, 15) is 9.59 Å². The molecule has 0 spiro atoms. The van der Waals surface area contributed by atoms with E-state index in [2.05, 4.69) is 16.8 Å². The van der Waals surface area contributed by atoms with Crippen LogP contribution < -0.4 is 0 Å². The maximum absolute atomic E-state index is 13.4. The van der Waals surface area contributed by atoms with E-state index >= 15 is 0 Å². The summed E-state index contributed by atoms with van der Waals surface area (Å²) in [7, 11) is 0. The van der Waals surface area contributed by atoms with Gasteiger partial charge in [-0.2, -0.15) is 0 Å². The maximum Gasteiger partial charge on any atom is 0.307 e. The molecule has 35 heavy (non-hydrogen) atoms. The molecule has 0 saturated carbocycles. The Morgan fingerprint density at radius 3 is 2.74 bits per heavy atom. The molecule has 0 radical (unpaired) electrons. The lowest BCUT2D eigenvalue weighted by Crippen LogP contribution is -2.44. The topological polar surface area (TPSA) is 67.2 Å². The van der Waals surface area contributed by atoms with Gasteiger partial charge in [-0.15, -0.1) is 11.8 Å². The summed E-state index contributed by atoms with van der Waals surface area (Å²) in [6, 6.07) is 14.1. The number of amides is 1. The van der Waals surface area contributed by atoms with E-state index in [1.165, 1.54) is 0 Å². The Labute approximate surface area is 211 Å². The second kappa shape index (κ2) is 12.2. The van der Waals surface area contributed by atoms with E-state index in [0.717, 1.165) is 47.9 Å². The fourth-order valence-electron chi connectivity index (χ4n) is 4.60. The highest BCUT2D eigenvalue weighted by atomic mass is 32.2. The number of carbonyl (C=O) groups is 2. The zero-order chi connectivity index (χ0) is 24.6. The van der Waals surface area contributed by atoms with Gasteiger partial charge in [-0.25, -0.2) is 4.98 Å². The number of likely N-dealkylation sites (tertiary alicyclic amines) is 1. The minimum absolute atomic E-state index is 0.0332. The zero-order valence-electron chi connectivity index (χ0n) is 20.6. The Balaban J connectivity index is 1.39. The first-order chi connectivity index (χ1) is 17.1. The van der Waals surface area contributed by atoms with E-state index < -0.39 is 0 Å². The molecule has 1 fully saturated rings. The molecule has 8 heteroatoms. The Morgan fingerprint density at radius 2 is 2.00 bits per heavy atom. The third-order valence-electron chi connectivity index (χ3n) is 6.42. The average Bonchev–Trinajstić information content (AvgIpc) is 3.51. The fraction of sp³-hybridized carbons (Fsp3) is 0.444. The molecular weight excluding hydrogens is 460 g/mol. The average molecular weight is 495 g/mol. The number of fused-ring (bicyclic) bond motifs is 1. The molecule has 1 unspecified atom stereocenters. The lowest BCUT2D eigenvalue weighted by molar-refractivity contribution is -0.143. The summed E-state index contributed by atoms with van der Waals surface area (Å²) in [6.45, 7) is 7.36. The third kappa shape index (κ3) is 6.64. The number of imidazole rings is 1. The molecule has 7 nitrogen and oxygen atoms in total. The van der Waals surface area contributed by atoms with Gasteiger partial charge in [0.2, 0.25) is 0 Å². The van der Waals surface area contributed by atoms with Crippen molar-refractivity contribution in [1.82, 2.24) is 19.2 Å². The van der Waals surface area contributed by atoms with Gasteiger partial charge in [0.05, 0.1) is 18.7 Å². The van der Waals surface area contributed by atoms with E-state index in [-0.39, 0.29) is 18.3 Å². The maximum atomic E-state index is 13.4. The van der Waals surface area contributed by atoms with Crippen molar-refractivity contribution < 1.29 is 14.3 Å². The normalized spacial score (nSPS) is 16.0. The van der Waals surface area contributed by atoms with Crippen molar-refractivity contribution in [3.05, 3.63) is 66.1 Å². The Hall–Kier alpha value is -2.84. The Bertz CT molecular complexity index is 1100. The van der Waals surface area contributed by atoms with Crippen LogP contribution in [-0.2, 0) is 15.3 Å². The molecule has 4 rings (SSSR count). The predicted octanol–water partition coefficient (Wildman–Crippen LogP) is 4.51. The molecule has 3 heterocycles. The molecule has 0 bridgehead atoms. The highest BCUT2D eigenvalue weighted by molar-refractivity contribution is 7.98. The summed E-state index contributed by atoms with van der Waals surface area (Å²) in [4.78, 5) is 35.4. The van der Waals surface area contributed by atoms with Crippen molar-refractivity contribution in [3.8, 4) is 0 Å². The van der Waals surface area contributed by atoms with Crippen molar-refractivity contribution >= 4 is 29.3 Å². The molecule has 1 saturated heterocycles. The van der Waals surface area contributed by atoms with Crippen LogP contribution in [0, 0.1) is 0 Å². The van der Waals surface area contributed by atoms with Crippen molar-refractivity contribution in [2.24, 2.45) is 0 Å². The van der Waals surface area contributed by atoms with Gasteiger partial charge in [-0.05, 0) is 69.3 Å². The van der Waals surface area contributed by atoms with Crippen molar-refractivity contribution in [1.29, 1.82) is 0 Å². The number of hydrogen-bond donors (Lipinski definition) is 0. The molecule has 1 aliphatic heterocycles. The van der Waals surface area contributed by atoms with Crippen LogP contribution in [-0.4, -0.2) is 69.9 Å². The highest BCUT2D eigenvalue weighted by Gasteiger charge is 2.28. The second-order valence-electron chi connectivity index (χ2n) is 8.74. The number of ether oxygens (including phenoxy) is 1. The molecule has 1 amide bonds. The number of aromatic nitrogens is 2. The van der Waals surface area contributed by atoms with Crippen LogP contribution >= 0.6 is 11.8 Å². The monoisotopic (exact) mass is 494 g/mol. The van der Waals surface area contributed by atoms with Gasteiger partial charge in [0.1, 0.15) is 5.65 Å². The summed E-state index contributed by atoms with van der Waals surface area (Å²) in [5, 5.41) is 0. The van der Waals surface area contributed by atoms with E-state index in [4.69, 9.17) is 4.74 Å². The summed E-state index contributed by atoms with van der Waals surface area (Å²) in [5.74, 6) is 0.465. The number of benzene rings is 1. The van der Waals surface area contributed by atoms with E-state index in [1.54, 1.807) is 18.7 Å². The molecule has 1 aliphatic rings. The lowest BCUT2D eigenvalue weighted by Gasteiger charge is -2.30. The first-order valence-corrected chi connectivity index (χ1v) is 13.4. The van der Waals surface area contributed by atoms with Gasteiger partial charge in [-0.1, -0.05) is 13.0 Å². The van der Waals surface area contributed by atoms with Gasteiger partial charge < -0.3 is 14.0 Å². The number of likely N-dealkylation sites (N-methyl/N-ethyl adjacent to an activating group) is 1. The first kappa shape index (κ1) is 25.3. The van der Waals surface area contributed by atoms with Crippen molar-refractivity contribution in [3.63, 3.8) is 0 Å². The smallest absolute Gasteiger partial charge is 0.307 e. The molecular formula is C27H34N4O3S. The Kier molecular flexibility index (Phi) is 8.82. The largest absolute Gasteiger partial charge is 0.466 e. The standard InChI is InChI=1S/C27H34N4O3S/c1-3-29-16-7-8-23(29)19-31(17-14-26(32)34-4-2)27(33)21-10-12-24(13-11-21)35-20-22-18-30-15-6-5-9-25(30)28-22/h5-6,9-13,15,18,23H,3-4,7-8,14,16-17,19-20H2,1-2H3. The van der Waals surface area contributed by atoms with Crippen molar-refractivity contribution in [2.45, 2.75) is 49.8 Å². The number of carbonyl (C=O) groups excluding carboxylic acids is 2. The first-order valence-electron chi connectivity index (χ1n) is 12.4. The SMILES string of the molecule is CCOC(=O)CCN(CC1CCCN1CC)C(=O)c1ccc(SCc2cn3ccccc3n2)cc1. The van der Waals surface area contributed by atoms with Crippen LogP contribution in [0.3, 0.4) is 0 Å². The van der Waals surface area contributed by atoms with E-state index in [1.807, 2.05) is 64.2 Å². The van der Waals surface area contributed by atoms with Crippen LogP contribution in [0.2, 0.25) is 0 Å². The molecule has 1 aromatic carbocycles. The number of hydrogen-bond acceptors (Lipinski definition) is 6. The molecule has 0 aliphatic carbocycles. The summed E-state index contributed by atoms with van der Waals surface area (Å²) in [5.41, 5.74) is 2.60. The molecule has 0 N–H and O–H groups in total. The highest BCUT2D eigenvalue weighted by Crippen LogP contribution is 2.24. The quantitative estimate of drug-likeness (QED) is 0.289. The van der Waals surface area contributed by atoms with Gasteiger partial charge in [0.15, 0.2) is 0 Å². The lowest BCUT2D eigenvalue weighted by atomic mass is 10.1. The number of thioether (sulfide) groups is 1. The van der Waals surface area contributed by atoms with Gasteiger partial charge in [0, 0.05) is 47.7 Å². The fourth-order valence-corrected chi connectivity index (χ4v) is 5.38. The number of pyridine rings is 1. The number of esters is 1. The van der Waals surface area contributed by atoms with E-state index in [0.29, 0.717) is 31.3 Å². The summed E-state index contributed by atoms with van der Waals surface area (Å²) >= 11 is 1.70. The molecule has 3 aromatic rings. The number of rotatable bonds is 11. The van der Waals surface area contributed by atoms with Crippen LogP contribution in [0.25, 0.3) is 5.65 Å². The summed E-state index contributed by atoms with van der Waals surface area (Å²) in [6.07, 6.45) is 6.48. The van der Waals surface area contributed by atoms with Gasteiger partial charge >= 0.3 is 5.97 Å². The third-order valence-corrected chi connectivity index (χ3v) is 7.46. The minimum atomic E-state index is -0.261.